The minimum atomic E-state index is 0.000725. The molecule has 2 aromatic carbocycles. The molecule has 30 heavy (non-hydrogen) atoms. The summed E-state index contributed by atoms with van der Waals surface area (Å²) in [5, 5.41) is 20.9. The van der Waals surface area contributed by atoms with Crippen molar-refractivity contribution in [3.05, 3.63) is 70.2 Å². The molecule has 2 heterocycles. The zero-order valence-corrected chi connectivity index (χ0v) is 19.1. The molecular weight excluding hydrogens is 412 g/mol. The number of thioether (sulfide) groups is 1. The van der Waals surface area contributed by atoms with Crippen molar-refractivity contribution in [1.29, 1.82) is 0 Å². The van der Waals surface area contributed by atoms with Gasteiger partial charge in [0, 0.05) is 5.69 Å². The molecule has 0 bridgehead atoms. The molecule has 0 saturated carbocycles. The molecule has 1 aliphatic rings. The van der Waals surface area contributed by atoms with Crippen molar-refractivity contribution in [3.63, 3.8) is 0 Å². The summed E-state index contributed by atoms with van der Waals surface area (Å²) in [4.78, 5) is 4.78. The number of aryl methyl sites for hydroxylation is 3. The summed E-state index contributed by atoms with van der Waals surface area (Å²) in [7, 11) is 0. The van der Waals surface area contributed by atoms with Crippen LogP contribution in [0.25, 0.3) is 0 Å². The highest BCUT2D eigenvalue weighted by molar-refractivity contribution is 8.14. The quantitative estimate of drug-likeness (QED) is 0.407. The first kappa shape index (κ1) is 20.6. The summed E-state index contributed by atoms with van der Waals surface area (Å²) >= 11 is 3.18. The molecule has 6 nitrogen and oxygen atoms in total. The van der Waals surface area contributed by atoms with Crippen LogP contribution in [0.2, 0.25) is 0 Å². The largest absolute Gasteiger partial charge is 0.324 e. The van der Waals surface area contributed by atoms with E-state index in [9.17, 15) is 0 Å². The van der Waals surface area contributed by atoms with Gasteiger partial charge in [0.15, 0.2) is 0 Å². The first-order valence-electron chi connectivity index (χ1n) is 9.84. The van der Waals surface area contributed by atoms with E-state index in [2.05, 4.69) is 77.9 Å². The Balaban J connectivity index is 1.71. The summed E-state index contributed by atoms with van der Waals surface area (Å²) in [6.07, 6.45) is 1.01. The van der Waals surface area contributed by atoms with Crippen LogP contribution in [0.4, 0.5) is 10.8 Å². The molecule has 1 unspecified atom stereocenters. The minimum absolute atomic E-state index is 0.000725. The first-order valence-corrected chi connectivity index (χ1v) is 11.5. The van der Waals surface area contributed by atoms with Crippen molar-refractivity contribution >= 4 is 44.9 Å². The number of hydrogen-bond donors (Lipinski definition) is 1. The van der Waals surface area contributed by atoms with Crippen LogP contribution < -0.4 is 5.32 Å². The van der Waals surface area contributed by atoms with Crippen LogP contribution in [0.3, 0.4) is 0 Å². The molecule has 0 radical (unpaired) electrons. The molecule has 0 saturated heterocycles. The molecule has 1 aromatic heterocycles. The fourth-order valence-electron chi connectivity index (χ4n) is 3.05. The average Bonchev–Trinajstić information content (AvgIpc) is 3.34. The summed E-state index contributed by atoms with van der Waals surface area (Å²) in [5.74, 6) is 0.630. The van der Waals surface area contributed by atoms with Crippen molar-refractivity contribution in [2.75, 3.05) is 5.32 Å². The van der Waals surface area contributed by atoms with Crippen LogP contribution in [0, 0.1) is 13.8 Å². The number of hydrazone groups is 1. The summed E-state index contributed by atoms with van der Waals surface area (Å²) in [6, 6.07) is 16.9. The van der Waals surface area contributed by atoms with Crippen LogP contribution in [0.5, 0.6) is 0 Å². The second kappa shape index (κ2) is 8.97. The molecule has 4 rings (SSSR count). The van der Waals surface area contributed by atoms with Gasteiger partial charge in [-0.05, 0) is 50.5 Å². The molecule has 0 aliphatic carbocycles. The highest BCUT2D eigenvalue weighted by Gasteiger charge is 2.31. The number of hydrogen-bond acceptors (Lipinski definition) is 6. The summed E-state index contributed by atoms with van der Waals surface area (Å²) in [5.41, 5.74) is 4.66. The van der Waals surface area contributed by atoms with E-state index in [-0.39, 0.29) is 5.37 Å². The molecule has 1 N–H and O–H groups in total. The topological polar surface area (TPSA) is 65.8 Å². The molecule has 8 heteroatoms. The lowest BCUT2D eigenvalue weighted by atomic mass is 10.1. The third kappa shape index (κ3) is 4.71. The van der Waals surface area contributed by atoms with Gasteiger partial charge in [-0.15, -0.1) is 10.2 Å². The molecular formula is C22H24N6S2. The van der Waals surface area contributed by atoms with Crippen LogP contribution in [0.1, 0.15) is 40.9 Å². The number of nitrogens with one attached hydrogen (secondary N) is 1. The second-order valence-corrected chi connectivity index (χ2v) is 9.49. The van der Waals surface area contributed by atoms with Crippen molar-refractivity contribution in [3.8, 4) is 0 Å². The van der Waals surface area contributed by atoms with Crippen LogP contribution in [-0.2, 0) is 6.42 Å². The summed E-state index contributed by atoms with van der Waals surface area (Å²) in [6.45, 7) is 8.19. The van der Waals surface area contributed by atoms with E-state index in [0.717, 1.165) is 22.2 Å². The Morgan fingerprint density at radius 3 is 2.40 bits per heavy atom. The van der Waals surface area contributed by atoms with Gasteiger partial charge in [0.25, 0.3) is 0 Å². The molecule has 154 valence electrons. The van der Waals surface area contributed by atoms with Gasteiger partial charge in [0.1, 0.15) is 10.4 Å². The second-order valence-electron chi connectivity index (χ2n) is 7.06. The van der Waals surface area contributed by atoms with Gasteiger partial charge >= 0.3 is 0 Å². The monoisotopic (exact) mass is 436 g/mol. The van der Waals surface area contributed by atoms with Crippen LogP contribution in [-0.4, -0.2) is 26.2 Å². The molecule has 0 fully saturated rings. The molecule has 1 atom stereocenters. The third-order valence-corrected chi connectivity index (χ3v) is 6.52. The minimum Gasteiger partial charge on any atom is -0.324 e. The number of nitrogens with zero attached hydrogens (tertiary/aromatic N) is 5. The Bertz CT molecular complexity index is 1070. The Morgan fingerprint density at radius 1 is 1.03 bits per heavy atom. The lowest BCUT2D eigenvalue weighted by Crippen LogP contribution is -2.32. The lowest BCUT2D eigenvalue weighted by Gasteiger charge is -2.25. The average molecular weight is 437 g/mol. The maximum atomic E-state index is 4.78. The number of rotatable bonds is 4. The smallest absolute Gasteiger partial charge is 0.234 e. The number of guanidine groups is 1. The Morgan fingerprint density at radius 2 is 1.77 bits per heavy atom. The Hall–Kier alpha value is -2.71. The number of benzene rings is 2. The van der Waals surface area contributed by atoms with E-state index in [1.807, 2.05) is 18.9 Å². The van der Waals surface area contributed by atoms with Gasteiger partial charge < -0.3 is 5.32 Å². The normalized spacial score (nSPS) is 16.7. The molecule has 0 amide bonds. The fraction of sp³-hybridized carbons (Fsp3) is 0.273. The number of aromatic nitrogens is 2. The van der Waals surface area contributed by atoms with Gasteiger partial charge in [-0.1, -0.05) is 72.0 Å². The van der Waals surface area contributed by atoms with Crippen molar-refractivity contribution in [2.45, 2.75) is 39.5 Å². The number of aliphatic imine (C=N–C) groups is 1. The van der Waals surface area contributed by atoms with E-state index in [4.69, 9.17) is 10.1 Å². The van der Waals surface area contributed by atoms with E-state index in [1.54, 1.807) is 11.8 Å². The van der Waals surface area contributed by atoms with Gasteiger partial charge in [-0.25, -0.2) is 5.01 Å². The highest BCUT2D eigenvalue weighted by atomic mass is 32.2. The SMILES string of the molecule is CCc1ccc(N/C(=N\c2nnc(C)s2)N2N=C(C)SC2c2ccc(C)cc2)cc1. The summed E-state index contributed by atoms with van der Waals surface area (Å²) < 4.78 is 0. The molecule has 1 aliphatic heterocycles. The number of anilines is 1. The van der Waals surface area contributed by atoms with Crippen LogP contribution in [0.15, 0.2) is 58.6 Å². The zero-order valence-electron chi connectivity index (χ0n) is 17.5. The predicted molar refractivity (Wildman–Crippen MR) is 128 cm³/mol. The highest BCUT2D eigenvalue weighted by Crippen LogP contribution is 2.40. The van der Waals surface area contributed by atoms with Gasteiger partial charge in [-0.3, -0.25) is 0 Å². The fourth-order valence-corrected chi connectivity index (χ4v) is 4.61. The Labute approximate surface area is 185 Å². The van der Waals surface area contributed by atoms with Crippen molar-refractivity contribution in [2.24, 2.45) is 10.1 Å². The van der Waals surface area contributed by atoms with Crippen molar-refractivity contribution < 1.29 is 0 Å². The Kier molecular flexibility index (Phi) is 6.15. The zero-order chi connectivity index (χ0) is 21.1. The van der Waals surface area contributed by atoms with E-state index >= 15 is 0 Å². The van der Waals surface area contributed by atoms with Gasteiger partial charge in [-0.2, -0.15) is 10.1 Å². The van der Waals surface area contributed by atoms with Crippen molar-refractivity contribution in [1.82, 2.24) is 15.2 Å². The first-order chi connectivity index (χ1) is 14.5. The molecule has 3 aromatic rings. The standard InChI is InChI=1S/C22H24N6S2/c1-5-17-8-12-19(13-9-17)23-21(24-22-26-25-15(3)30-22)28-20(29-16(4)27-28)18-10-6-14(2)7-11-18/h6-13,20H,5H2,1-4H3,(H,23,24,26). The maximum Gasteiger partial charge on any atom is 0.234 e. The molecule has 0 spiro atoms. The van der Waals surface area contributed by atoms with Gasteiger partial charge in [0.05, 0.1) is 5.04 Å². The van der Waals surface area contributed by atoms with Gasteiger partial charge in [0.2, 0.25) is 11.1 Å². The van der Waals surface area contributed by atoms with Crippen LogP contribution >= 0.6 is 23.1 Å². The third-order valence-electron chi connectivity index (χ3n) is 4.67. The van der Waals surface area contributed by atoms with E-state index < -0.39 is 0 Å². The lowest BCUT2D eigenvalue weighted by molar-refractivity contribution is 0.438. The predicted octanol–water partition coefficient (Wildman–Crippen LogP) is 5.90. The van der Waals surface area contributed by atoms with E-state index in [1.165, 1.54) is 28.0 Å². The maximum absolute atomic E-state index is 4.78. The van der Waals surface area contributed by atoms with E-state index in [0.29, 0.717) is 11.1 Å².